The van der Waals surface area contributed by atoms with E-state index in [0.29, 0.717) is 19.4 Å². The van der Waals surface area contributed by atoms with Gasteiger partial charge in [0.25, 0.3) is 5.91 Å². The van der Waals surface area contributed by atoms with Gasteiger partial charge in [-0.2, -0.15) is 11.8 Å². The number of rotatable bonds is 4. The standard InChI is InChI=1S/C18H21NO2S/c20-17(18(21)8-11-22-12-9-18)19-10-7-14-5-6-15-3-1-2-4-16(15)13-14/h1-6,13,21H,7-12H2,(H,19,20). The van der Waals surface area contributed by atoms with Crippen molar-refractivity contribution < 1.29 is 9.90 Å². The van der Waals surface area contributed by atoms with Crippen molar-refractivity contribution in [1.29, 1.82) is 0 Å². The van der Waals surface area contributed by atoms with Crippen molar-refractivity contribution >= 4 is 28.4 Å². The molecule has 0 radical (unpaired) electrons. The van der Waals surface area contributed by atoms with Crippen LogP contribution in [0.5, 0.6) is 0 Å². The molecule has 2 aromatic carbocycles. The Morgan fingerprint density at radius 3 is 2.64 bits per heavy atom. The lowest BCUT2D eigenvalue weighted by Crippen LogP contribution is -2.49. The zero-order chi connectivity index (χ0) is 15.4. The summed E-state index contributed by atoms with van der Waals surface area (Å²) in [5.74, 6) is 1.50. The fourth-order valence-electron chi connectivity index (χ4n) is 2.82. The van der Waals surface area contributed by atoms with Crippen LogP contribution in [0.3, 0.4) is 0 Å². The third kappa shape index (κ3) is 3.45. The van der Waals surface area contributed by atoms with Crippen LogP contribution in [0, 0.1) is 0 Å². The third-order valence-corrected chi connectivity index (χ3v) is 5.24. The normalized spacial score (nSPS) is 17.3. The van der Waals surface area contributed by atoms with Crippen molar-refractivity contribution in [3.63, 3.8) is 0 Å². The van der Waals surface area contributed by atoms with Gasteiger partial charge in [-0.25, -0.2) is 0 Å². The van der Waals surface area contributed by atoms with Crippen LogP contribution < -0.4 is 5.32 Å². The zero-order valence-corrected chi connectivity index (χ0v) is 13.4. The fraction of sp³-hybridized carbons (Fsp3) is 0.389. The van der Waals surface area contributed by atoms with Gasteiger partial charge in [-0.3, -0.25) is 4.79 Å². The maximum absolute atomic E-state index is 12.2. The fourth-order valence-corrected chi connectivity index (χ4v) is 3.98. The predicted octanol–water partition coefficient (Wildman–Crippen LogP) is 2.76. The van der Waals surface area contributed by atoms with Gasteiger partial charge in [-0.15, -0.1) is 0 Å². The summed E-state index contributed by atoms with van der Waals surface area (Å²) in [6, 6.07) is 14.6. The molecule has 0 atom stereocenters. The van der Waals surface area contributed by atoms with E-state index in [-0.39, 0.29) is 5.91 Å². The van der Waals surface area contributed by atoms with Crippen molar-refractivity contribution in [3.8, 4) is 0 Å². The van der Waals surface area contributed by atoms with E-state index in [1.165, 1.54) is 16.3 Å². The zero-order valence-electron chi connectivity index (χ0n) is 12.5. The first kappa shape index (κ1) is 15.4. The predicted molar refractivity (Wildman–Crippen MR) is 92.2 cm³/mol. The summed E-state index contributed by atoms with van der Waals surface area (Å²) in [6.45, 7) is 0.562. The minimum absolute atomic E-state index is 0.214. The second-order valence-electron chi connectivity index (χ2n) is 5.83. The van der Waals surface area contributed by atoms with Crippen LogP contribution in [-0.4, -0.2) is 34.7 Å². The Morgan fingerprint density at radius 2 is 1.86 bits per heavy atom. The SMILES string of the molecule is O=C(NCCc1ccc2ccccc2c1)C1(O)CCSCC1. The lowest BCUT2D eigenvalue weighted by Gasteiger charge is -2.30. The Labute approximate surface area is 135 Å². The molecule has 3 rings (SSSR count). The summed E-state index contributed by atoms with van der Waals surface area (Å²) >= 11 is 1.80. The van der Waals surface area contributed by atoms with Gasteiger partial charge < -0.3 is 10.4 Å². The van der Waals surface area contributed by atoms with E-state index in [2.05, 4.69) is 35.6 Å². The Hall–Kier alpha value is -1.52. The lowest BCUT2D eigenvalue weighted by molar-refractivity contribution is -0.140. The second kappa shape index (κ2) is 6.71. The van der Waals surface area contributed by atoms with E-state index in [0.717, 1.165) is 17.9 Å². The van der Waals surface area contributed by atoms with Crippen LogP contribution in [0.15, 0.2) is 42.5 Å². The highest BCUT2D eigenvalue weighted by Gasteiger charge is 2.36. The van der Waals surface area contributed by atoms with Gasteiger partial charge >= 0.3 is 0 Å². The van der Waals surface area contributed by atoms with Crippen LogP contribution in [0.25, 0.3) is 10.8 Å². The summed E-state index contributed by atoms with van der Waals surface area (Å²) in [4.78, 5) is 12.2. The molecule has 0 bridgehead atoms. The number of thioether (sulfide) groups is 1. The minimum Gasteiger partial charge on any atom is -0.380 e. The molecule has 1 heterocycles. The molecule has 1 aliphatic rings. The van der Waals surface area contributed by atoms with E-state index < -0.39 is 5.60 Å². The van der Waals surface area contributed by atoms with Crippen LogP contribution in [-0.2, 0) is 11.2 Å². The summed E-state index contributed by atoms with van der Waals surface area (Å²) in [5.41, 5.74) is 0.0411. The molecule has 0 spiro atoms. The first-order valence-electron chi connectivity index (χ1n) is 7.73. The molecule has 0 saturated carbocycles. The molecule has 1 saturated heterocycles. The Balaban J connectivity index is 1.56. The van der Waals surface area contributed by atoms with Crippen molar-refractivity contribution in [2.24, 2.45) is 0 Å². The first-order chi connectivity index (χ1) is 10.7. The van der Waals surface area contributed by atoms with Gasteiger partial charge in [-0.1, -0.05) is 42.5 Å². The molecular weight excluding hydrogens is 294 g/mol. The number of hydrogen-bond acceptors (Lipinski definition) is 3. The second-order valence-corrected chi connectivity index (χ2v) is 7.06. The summed E-state index contributed by atoms with van der Waals surface area (Å²) in [7, 11) is 0. The topological polar surface area (TPSA) is 49.3 Å². The van der Waals surface area contributed by atoms with Crippen molar-refractivity contribution in [2.45, 2.75) is 24.9 Å². The maximum atomic E-state index is 12.2. The summed E-state index contributed by atoms with van der Waals surface area (Å²) in [5, 5.41) is 15.7. The third-order valence-electron chi connectivity index (χ3n) is 4.26. The molecule has 22 heavy (non-hydrogen) atoms. The molecule has 0 aromatic heterocycles. The smallest absolute Gasteiger partial charge is 0.252 e. The number of fused-ring (bicyclic) bond motifs is 1. The molecular formula is C18H21NO2S. The van der Waals surface area contributed by atoms with Crippen molar-refractivity contribution in [1.82, 2.24) is 5.32 Å². The highest BCUT2D eigenvalue weighted by atomic mass is 32.2. The average molecular weight is 315 g/mol. The average Bonchev–Trinajstić information content (AvgIpc) is 2.55. The Kier molecular flexibility index (Phi) is 4.69. The quantitative estimate of drug-likeness (QED) is 0.912. The van der Waals surface area contributed by atoms with Gasteiger partial charge in [0, 0.05) is 6.54 Å². The molecule has 116 valence electrons. The largest absolute Gasteiger partial charge is 0.380 e. The molecule has 1 fully saturated rings. The molecule has 2 aromatic rings. The lowest BCUT2D eigenvalue weighted by atomic mass is 9.95. The van der Waals surface area contributed by atoms with Crippen LogP contribution >= 0.6 is 11.8 Å². The number of carbonyl (C=O) groups is 1. The first-order valence-corrected chi connectivity index (χ1v) is 8.89. The Bertz CT molecular complexity index is 665. The Morgan fingerprint density at radius 1 is 1.14 bits per heavy atom. The number of carbonyl (C=O) groups excluding carboxylic acids is 1. The van der Waals surface area contributed by atoms with Gasteiger partial charge in [0.1, 0.15) is 5.60 Å². The monoisotopic (exact) mass is 315 g/mol. The molecule has 2 N–H and O–H groups in total. The molecule has 3 nitrogen and oxygen atoms in total. The van der Waals surface area contributed by atoms with Gasteiger partial charge in [-0.05, 0) is 47.1 Å². The highest BCUT2D eigenvalue weighted by molar-refractivity contribution is 7.99. The number of hydrogen-bond donors (Lipinski definition) is 2. The van der Waals surface area contributed by atoms with Crippen molar-refractivity contribution in [2.75, 3.05) is 18.1 Å². The molecule has 1 aliphatic heterocycles. The van der Waals surface area contributed by atoms with Crippen LogP contribution in [0.1, 0.15) is 18.4 Å². The van der Waals surface area contributed by atoms with E-state index in [9.17, 15) is 9.90 Å². The van der Waals surface area contributed by atoms with E-state index >= 15 is 0 Å². The van der Waals surface area contributed by atoms with Crippen molar-refractivity contribution in [3.05, 3.63) is 48.0 Å². The van der Waals surface area contributed by atoms with Gasteiger partial charge in [0.15, 0.2) is 0 Å². The van der Waals surface area contributed by atoms with Gasteiger partial charge in [0.05, 0.1) is 0 Å². The number of aliphatic hydroxyl groups is 1. The summed E-state index contributed by atoms with van der Waals surface area (Å²) < 4.78 is 0. The minimum atomic E-state index is -1.16. The van der Waals surface area contributed by atoms with E-state index in [1.54, 1.807) is 11.8 Å². The van der Waals surface area contributed by atoms with Crippen LogP contribution in [0.2, 0.25) is 0 Å². The molecule has 4 heteroatoms. The molecule has 0 unspecified atom stereocenters. The maximum Gasteiger partial charge on any atom is 0.252 e. The van der Waals surface area contributed by atoms with Crippen LogP contribution in [0.4, 0.5) is 0 Å². The molecule has 1 amide bonds. The van der Waals surface area contributed by atoms with E-state index in [4.69, 9.17) is 0 Å². The van der Waals surface area contributed by atoms with E-state index in [1.807, 2.05) is 12.1 Å². The molecule has 0 aliphatic carbocycles. The highest BCUT2D eigenvalue weighted by Crippen LogP contribution is 2.27. The number of nitrogens with one attached hydrogen (secondary N) is 1. The number of amides is 1. The number of benzene rings is 2. The summed E-state index contributed by atoms with van der Waals surface area (Å²) in [6.07, 6.45) is 1.89. The van der Waals surface area contributed by atoms with Gasteiger partial charge in [0.2, 0.25) is 0 Å².